The Kier molecular flexibility index (Phi) is 1.41. The highest BCUT2D eigenvalue weighted by Gasteiger charge is 2.29. The van der Waals surface area contributed by atoms with Crippen molar-refractivity contribution in [3.63, 3.8) is 0 Å². The lowest BCUT2D eigenvalue weighted by Crippen LogP contribution is -2.45. The summed E-state index contributed by atoms with van der Waals surface area (Å²) in [6, 6.07) is 0.507. The highest BCUT2D eigenvalue weighted by Crippen LogP contribution is 2.18. The van der Waals surface area contributed by atoms with Crippen LogP contribution in [0.1, 0.15) is 6.42 Å². The Labute approximate surface area is 54.5 Å². The van der Waals surface area contributed by atoms with Crippen LogP contribution in [0.2, 0.25) is 0 Å². The molecule has 0 aliphatic carbocycles. The molecule has 2 saturated heterocycles. The summed E-state index contributed by atoms with van der Waals surface area (Å²) >= 11 is 0. The van der Waals surface area contributed by atoms with Crippen LogP contribution in [-0.2, 0) is 9.57 Å². The second-order valence-corrected chi connectivity index (χ2v) is 2.36. The maximum Gasteiger partial charge on any atom is 0.0823 e. The van der Waals surface area contributed by atoms with E-state index in [4.69, 9.17) is 9.57 Å². The van der Waals surface area contributed by atoms with Crippen LogP contribution in [0.4, 0.5) is 0 Å². The van der Waals surface area contributed by atoms with E-state index in [9.17, 15) is 0 Å². The zero-order chi connectivity index (χ0) is 6.10. The number of hydroxylamine groups is 2. The zero-order valence-electron chi connectivity index (χ0n) is 5.25. The molecule has 0 saturated carbocycles. The fraction of sp³-hybridized carbons (Fsp3) is 0.833. The van der Waals surface area contributed by atoms with Crippen LogP contribution in [0.15, 0.2) is 0 Å². The fourth-order valence-corrected chi connectivity index (χ4v) is 1.02. The molecular formula is C6H10NO2. The first-order chi connectivity index (χ1) is 4.47. The Balaban J connectivity index is 1.82. The van der Waals surface area contributed by atoms with E-state index >= 15 is 0 Å². The molecule has 9 heavy (non-hydrogen) atoms. The molecule has 1 radical (unpaired) electrons. The molecule has 0 aromatic carbocycles. The maximum atomic E-state index is 5.25. The van der Waals surface area contributed by atoms with Crippen LogP contribution in [-0.4, -0.2) is 30.9 Å². The number of ether oxygens (including phenoxy) is 1. The predicted molar refractivity (Wildman–Crippen MR) is 31.3 cm³/mol. The third kappa shape index (κ3) is 0.956. The molecule has 0 aromatic heterocycles. The zero-order valence-corrected chi connectivity index (χ0v) is 5.25. The Morgan fingerprint density at radius 1 is 1.44 bits per heavy atom. The van der Waals surface area contributed by atoms with Gasteiger partial charge in [0, 0.05) is 0 Å². The van der Waals surface area contributed by atoms with E-state index in [1.165, 1.54) is 0 Å². The molecule has 2 aliphatic heterocycles. The Bertz CT molecular complexity index is 97.2. The van der Waals surface area contributed by atoms with Crippen LogP contribution in [0.3, 0.4) is 0 Å². The first-order valence-corrected chi connectivity index (χ1v) is 3.29. The Hall–Kier alpha value is -0.120. The van der Waals surface area contributed by atoms with E-state index in [0.717, 1.165) is 26.2 Å². The van der Waals surface area contributed by atoms with E-state index in [1.807, 2.05) is 5.06 Å². The lowest BCUT2D eigenvalue weighted by molar-refractivity contribution is -0.193. The fourth-order valence-electron chi connectivity index (χ4n) is 1.02. The van der Waals surface area contributed by atoms with Crippen molar-refractivity contribution in [1.82, 2.24) is 5.06 Å². The highest BCUT2D eigenvalue weighted by molar-refractivity contribution is 4.79. The Morgan fingerprint density at radius 2 is 2.33 bits per heavy atom. The number of hydrogen-bond acceptors (Lipinski definition) is 3. The van der Waals surface area contributed by atoms with Crippen LogP contribution < -0.4 is 0 Å². The van der Waals surface area contributed by atoms with Gasteiger partial charge in [0.25, 0.3) is 0 Å². The first kappa shape index (κ1) is 5.65. The average molecular weight is 128 g/mol. The normalized spacial score (nSPS) is 30.7. The van der Waals surface area contributed by atoms with Crippen LogP contribution in [0, 0.1) is 6.54 Å². The summed E-state index contributed by atoms with van der Waals surface area (Å²) in [5.41, 5.74) is 0. The largest absolute Gasteiger partial charge is 0.378 e. The molecule has 2 rings (SSSR count). The molecule has 3 heteroatoms. The Morgan fingerprint density at radius 3 is 2.78 bits per heavy atom. The molecule has 2 aliphatic rings. The summed E-state index contributed by atoms with van der Waals surface area (Å²) in [5, 5.41) is 1.92. The second kappa shape index (κ2) is 2.25. The third-order valence-corrected chi connectivity index (χ3v) is 1.65. The van der Waals surface area contributed by atoms with Crippen molar-refractivity contribution in [3.05, 3.63) is 6.54 Å². The highest BCUT2D eigenvalue weighted by atomic mass is 16.7. The van der Waals surface area contributed by atoms with Crippen molar-refractivity contribution in [2.24, 2.45) is 0 Å². The summed E-state index contributed by atoms with van der Waals surface area (Å²) in [4.78, 5) is 5.25. The van der Waals surface area contributed by atoms with E-state index in [1.54, 1.807) is 0 Å². The molecule has 0 spiro atoms. The molecule has 51 valence electrons. The summed E-state index contributed by atoms with van der Waals surface area (Å²) in [7, 11) is 0. The van der Waals surface area contributed by atoms with E-state index in [-0.39, 0.29) is 0 Å². The van der Waals surface area contributed by atoms with Crippen molar-refractivity contribution < 1.29 is 9.57 Å². The van der Waals surface area contributed by atoms with Crippen LogP contribution in [0.5, 0.6) is 0 Å². The van der Waals surface area contributed by atoms with Gasteiger partial charge < -0.3 is 4.74 Å². The molecule has 0 bridgehead atoms. The van der Waals surface area contributed by atoms with E-state index in [2.05, 4.69) is 6.54 Å². The molecule has 2 heterocycles. The third-order valence-electron chi connectivity index (χ3n) is 1.65. The first-order valence-electron chi connectivity index (χ1n) is 3.29. The monoisotopic (exact) mass is 128 g/mol. The minimum Gasteiger partial charge on any atom is -0.378 e. The standard InChI is InChI=1S/C6H10NO2/c1-2-7(9-3-1)6-4-8-5-6/h2,6H,1,3-5H2. The summed E-state index contributed by atoms with van der Waals surface area (Å²) in [6.45, 7) is 4.59. The minimum absolute atomic E-state index is 0.507. The predicted octanol–water partition coefficient (Wildman–Crippen LogP) is 0.184. The maximum absolute atomic E-state index is 5.25. The topological polar surface area (TPSA) is 21.7 Å². The van der Waals surface area contributed by atoms with Crippen LogP contribution >= 0.6 is 0 Å². The molecule has 0 aromatic rings. The number of rotatable bonds is 1. The SMILES string of the molecule is [CH]1CCON1C1COC1. The second-order valence-electron chi connectivity index (χ2n) is 2.36. The van der Waals surface area contributed by atoms with Crippen molar-refractivity contribution >= 4 is 0 Å². The van der Waals surface area contributed by atoms with Gasteiger partial charge in [0.05, 0.1) is 32.4 Å². The summed E-state index contributed by atoms with van der Waals surface area (Å²) < 4.78 is 5.01. The molecule has 3 nitrogen and oxygen atoms in total. The summed E-state index contributed by atoms with van der Waals surface area (Å²) in [6.07, 6.45) is 1.05. The van der Waals surface area contributed by atoms with Gasteiger partial charge in [-0.1, -0.05) is 0 Å². The minimum atomic E-state index is 0.507. The van der Waals surface area contributed by atoms with Gasteiger partial charge in [-0.3, -0.25) is 4.84 Å². The van der Waals surface area contributed by atoms with E-state index in [0.29, 0.717) is 6.04 Å². The molecule has 2 fully saturated rings. The van der Waals surface area contributed by atoms with Gasteiger partial charge in [-0.15, -0.1) is 0 Å². The van der Waals surface area contributed by atoms with Crippen molar-refractivity contribution in [2.75, 3.05) is 19.8 Å². The quantitative estimate of drug-likeness (QED) is 0.503. The number of nitrogens with zero attached hydrogens (tertiary/aromatic N) is 1. The molecule has 0 unspecified atom stereocenters. The van der Waals surface area contributed by atoms with E-state index < -0.39 is 0 Å². The van der Waals surface area contributed by atoms with Gasteiger partial charge in [-0.25, -0.2) is 0 Å². The molecule has 0 N–H and O–H groups in total. The van der Waals surface area contributed by atoms with Gasteiger partial charge in [0.2, 0.25) is 0 Å². The van der Waals surface area contributed by atoms with Crippen molar-refractivity contribution in [3.8, 4) is 0 Å². The number of hydrogen-bond donors (Lipinski definition) is 0. The average Bonchev–Trinajstić information content (AvgIpc) is 2.11. The summed E-state index contributed by atoms with van der Waals surface area (Å²) in [5.74, 6) is 0. The molecule has 0 amide bonds. The van der Waals surface area contributed by atoms with Gasteiger partial charge >= 0.3 is 0 Å². The van der Waals surface area contributed by atoms with Gasteiger partial charge in [0.15, 0.2) is 0 Å². The van der Waals surface area contributed by atoms with Gasteiger partial charge in [0.1, 0.15) is 0 Å². The van der Waals surface area contributed by atoms with Gasteiger partial charge in [-0.05, 0) is 6.42 Å². The van der Waals surface area contributed by atoms with Gasteiger partial charge in [-0.2, -0.15) is 5.06 Å². The van der Waals surface area contributed by atoms with Crippen molar-refractivity contribution in [2.45, 2.75) is 12.5 Å². The lowest BCUT2D eigenvalue weighted by Gasteiger charge is -2.32. The van der Waals surface area contributed by atoms with Crippen LogP contribution in [0.25, 0.3) is 0 Å². The lowest BCUT2D eigenvalue weighted by atomic mass is 10.2. The molecule has 0 atom stereocenters. The van der Waals surface area contributed by atoms with Crippen molar-refractivity contribution in [1.29, 1.82) is 0 Å². The smallest absolute Gasteiger partial charge is 0.0823 e. The molecular weight excluding hydrogens is 118 g/mol.